The van der Waals surface area contributed by atoms with Crippen molar-refractivity contribution in [2.75, 3.05) is 11.4 Å². The van der Waals surface area contributed by atoms with Gasteiger partial charge in [-0.3, -0.25) is 29.9 Å². The van der Waals surface area contributed by atoms with Crippen LogP contribution in [0.15, 0.2) is 42.5 Å². The van der Waals surface area contributed by atoms with Crippen LogP contribution in [0.1, 0.15) is 36.8 Å². The summed E-state index contributed by atoms with van der Waals surface area (Å²) in [5, 5.41) is 13.8. The fraction of sp³-hybridized carbons (Fsp3) is 0.375. The lowest BCUT2D eigenvalue weighted by Crippen LogP contribution is -2.71. The van der Waals surface area contributed by atoms with Crippen LogP contribution in [-0.2, 0) is 22.6 Å². The third-order valence-corrected chi connectivity index (χ3v) is 7.13. The van der Waals surface area contributed by atoms with Crippen molar-refractivity contribution in [1.82, 2.24) is 10.2 Å². The molecule has 0 radical (unpaired) electrons. The van der Waals surface area contributed by atoms with Crippen LogP contribution in [-0.4, -0.2) is 40.3 Å². The van der Waals surface area contributed by atoms with Gasteiger partial charge in [0.05, 0.1) is 17.5 Å². The normalized spacial score (nSPS) is 24.4. The number of carbonyl (C=O) groups is 3. The maximum atomic E-state index is 14.0. The number of benzene rings is 2. The van der Waals surface area contributed by atoms with Gasteiger partial charge in [0.15, 0.2) is 5.41 Å². The molecule has 3 heterocycles. The van der Waals surface area contributed by atoms with Crippen molar-refractivity contribution in [2.45, 2.75) is 44.7 Å². The molecule has 10 heteroatoms. The molecular weight excluding hydrogens is 443 g/mol. The molecule has 0 saturated carbocycles. The third-order valence-electron chi connectivity index (χ3n) is 7.13. The Kier molecular flexibility index (Phi) is 5.30. The van der Waals surface area contributed by atoms with Crippen LogP contribution < -0.4 is 10.2 Å². The number of halogens is 1. The maximum Gasteiger partial charge on any atom is 0.331 e. The van der Waals surface area contributed by atoms with Crippen LogP contribution in [0.3, 0.4) is 0 Å². The Hall–Kier alpha value is -3.82. The minimum Gasteiger partial charge on any atom is -0.367 e. The van der Waals surface area contributed by atoms with Gasteiger partial charge in [0.25, 0.3) is 5.69 Å². The van der Waals surface area contributed by atoms with E-state index in [0.29, 0.717) is 24.1 Å². The number of hydrogen-bond acceptors (Lipinski definition) is 6. The summed E-state index contributed by atoms with van der Waals surface area (Å²) < 4.78 is 13.4. The Labute approximate surface area is 194 Å². The number of carbonyl (C=O) groups excluding carboxylic acids is 3. The largest absolute Gasteiger partial charge is 0.367 e. The Balaban J connectivity index is 1.61. The average molecular weight is 466 g/mol. The first kappa shape index (κ1) is 22.0. The molecule has 0 unspecified atom stereocenters. The van der Waals surface area contributed by atoms with E-state index in [0.717, 1.165) is 29.8 Å². The third kappa shape index (κ3) is 3.41. The Morgan fingerprint density at radius 1 is 1.09 bits per heavy atom. The van der Waals surface area contributed by atoms with E-state index in [4.69, 9.17) is 0 Å². The van der Waals surface area contributed by atoms with Gasteiger partial charge < -0.3 is 4.90 Å². The second-order valence-electron chi connectivity index (χ2n) is 9.05. The summed E-state index contributed by atoms with van der Waals surface area (Å²) in [4.78, 5) is 54.1. The summed E-state index contributed by atoms with van der Waals surface area (Å²) in [6.07, 6.45) is 3.14. The Morgan fingerprint density at radius 3 is 2.59 bits per heavy atom. The highest BCUT2D eigenvalue weighted by Gasteiger charge is 2.61. The van der Waals surface area contributed by atoms with Gasteiger partial charge in [-0.2, -0.15) is 0 Å². The van der Waals surface area contributed by atoms with Gasteiger partial charge in [-0.25, -0.2) is 9.18 Å². The van der Waals surface area contributed by atoms with Gasteiger partial charge in [0.2, 0.25) is 11.8 Å². The zero-order chi connectivity index (χ0) is 24.0. The minimum absolute atomic E-state index is 0.0386. The maximum absolute atomic E-state index is 14.0. The molecule has 0 aliphatic carbocycles. The smallest absolute Gasteiger partial charge is 0.331 e. The highest BCUT2D eigenvalue weighted by Crippen LogP contribution is 2.48. The van der Waals surface area contributed by atoms with E-state index in [1.807, 2.05) is 4.90 Å². The monoisotopic (exact) mass is 466 g/mol. The first-order valence-corrected chi connectivity index (χ1v) is 11.3. The number of barbiturate groups is 1. The van der Waals surface area contributed by atoms with Crippen molar-refractivity contribution in [3.05, 3.63) is 69.5 Å². The second kappa shape index (κ2) is 8.19. The molecule has 1 spiro atoms. The van der Waals surface area contributed by atoms with Crippen LogP contribution in [0.4, 0.5) is 20.6 Å². The molecule has 2 aromatic carbocycles. The molecule has 2 aromatic rings. The molecule has 2 fully saturated rings. The van der Waals surface area contributed by atoms with Crippen LogP contribution in [0.5, 0.6) is 0 Å². The van der Waals surface area contributed by atoms with Crippen molar-refractivity contribution in [1.29, 1.82) is 0 Å². The van der Waals surface area contributed by atoms with Crippen LogP contribution in [0.2, 0.25) is 0 Å². The number of nitrogens with one attached hydrogen (secondary N) is 1. The molecule has 9 nitrogen and oxygen atoms in total. The zero-order valence-corrected chi connectivity index (χ0v) is 18.3. The van der Waals surface area contributed by atoms with E-state index in [9.17, 15) is 28.9 Å². The number of non-ortho nitro benzene ring substituents is 1. The van der Waals surface area contributed by atoms with E-state index in [2.05, 4.69) is 5.32 Å². The summed E-state index contributed by atoms with van der Waals surface area (Å²) in [6.45, 7) is 0.484. The zero-order valence-electron chi connectivity index (χ0n) is 18.3. The highest BCUT2D eigenvalue weighted by molar-refractivity contribution is 6.20. The van der Waals surface area contributed by atoms with Crippen molar-refractivity contribution in [3.8, 4) is 0 Å². The predicted molar refractivity (Wildman–Crippen MR) is 119 cm³/mol. The molecule has 176 valence electrons. The van der Waals surface area contributed by atoms with Crippen LogP contribution in [0, 0.1) is 21.3 Å². The van der Waals surface area contributed by atoms with Gasteiger partial charge in [-0.1, -0.05) is 25.0 Å². The predicted octanol–water partition coefficient (Wildman–Crippen LogP) is 3.30. The number of imide groups is 2. The first-order valence-electron chi connectivity index (χ1n) is 11.3. The number of amides is 4. The standard InChI is InChI=1S/C24H23FN4O5/c25-17-7-5-15(6-8-17)14-28-22(31)24(21(30)26-23(28)32)13-16-12-18(29(33)34)9-10-19(16)27-11-3-1-2-4-20(24)27/h5-10,12,20H,1-4,11,13-14H2,(H,26,30,32)/t20-,24+/m0/s1. The number of anilines is 1. The fourth-order valence-electron chi connectivity index (χ4n) is 5.51. The van der Waals surface area contributed by atoms with Crippen LogP contribution in [0.25, 0.3) is 0 Å². The second-order valence-corrected chi connectivity index (χ2v) is 9.05. The number of urea groups is 1. The number of hydrogen-bond donors (Lipinski definition) is 1. The lowest BCUT2D eigenvalue weighted by atomic mass is 9.67. The fourth-order valence-corrected chi connectivity index (χ4v) is 5.51. The van der Waals surface area contributed by atoms with E-state index >= 15 is 0 Å². The average Bonchev–Trinajstić information content (AvgIpc) is 3.08. The SMILES string of the molecule is O=C1NC(=O)[C@]2(Cc3cc([N+](=O)[O-])ccc3N3CCCCC[C@H]32)C(=O)N1Cc1ccc(F)cc1. The van der Waals surface area contributed by atoms with Crippen molar-refractivity contribution in [2.24, 2.45) is 5.41 Å². The summed E-state index contributed by atoms with van der Waals surface area (Å²) in [5.41, 5.74) is 0.141. The summed E-state index contributed by atoms with van der Waals surface area (Å²) in [7, 11) is 0. The summed E-state index contributed by atoms with van der Waals surface area (Å²) >= 11 is 0. The Bertz CT molecular complexity index is 1200. The number of nitro groups is 1. The number of rotatable bonds is 3. The van der Waals surface area contributed by atoms with Gasteiger partial charge in [-0.15, -0.1) is 0 Å². The molecule has 34 heavy (non-hydrogen) atoms. The quantitative estimate of drug-likeness (QED) is 0.422. The van der Waals surface area contributed by atoms with E-state index < -0.39 is 40.0 Å². The van der Waals surface area contributed by atoms with Gasteiger partial charge in [0, 0.05) is 30.8 Å². The van der Waals surface area contributed by atoms with Crippen LogP contribution >= 0.6 is 0 Å². The number of nitro benzene ring substituents is 1. The van der Waals surface area contributed by atoms with Crippen molar-refractivity contribution in [3.63, 3.8) is 0 Å². The van der Waals surface area contributed by atoms with Gasteiger partial charge in [0.1, 0.15) is 5.82 Å². The summed E-state index contributed by atoms with van der Waals surface area (Å²) in [5.74, 6) is -1.74. The molecule has 3 aliphatic heterocycles. The highest BCUT2D eigenvalue weighted by atomic mass is 19.1. The van der Waals surface area contributed by atoms with Gasteiger partial charge in [-0.05, 0) is 42.2 Å². The first-order chi connectivity index (χ1) is 16.3. The molecule has 2 atom stereocenters. The molecule has 4 amide bonds. The lowest BCUT2D eigenvalue weighted by Gasteiger charge is -2.51. The summed E-state index contributed by atoms with van der Waals surface area (Å²) in [6, 6.07) is 8.68. The molecular formula is C24H23FN4O5. The molecule has 2 saturated heterocycles. The molecule has 0 aromatic heterocycles. The molecule has 3 aliphatic rings. The molecule has 0 bridgehead atoms. The van der Waals surface area contributed by atoms with Crippen molar-refractivity contribution < 1.29 is 23.7 Å². The number of fused-ring (bicyclic) bond motifs is 4. The molecule has 1 N–H and O–H groups in total. The van der Waals surface area contributed by atoms with Crippen molar-refractivity contribution >= 4 is 29.2 Å². The van der Waals surface area contributed by atoms with E-state index in [1.54, 1.807) is 6.07 Å². The minimum atomic E-state index is -1.60. The Morgan fingerprint density at radius 2 is 1.85 bits per heavy atom. The van der Waals surface area contributed by atoms with E-state index in [-0.39, 0.29) is 18.7 Å². The van der Waals surface area contributed by atoms with E-state index in [1.165, 1.54) is 36.4 Å². The lowest BCUT2D eigenvalue weighted by molar-refractivity contribution is -0.384. The topological polar surface area (TPSA) is 113 Å². The van der Waals surface area contributed by atoms with Gasteiger partial charge >= 0.3 is 6.03 Å². The molecule has 5 rings (SSSR count). The number of nitrogens with zero attached hydrogens (tertiary/aromatic N) is 3.